The second-order valence-electron chi connectivity index (χ2n) is 7.75. The SMILES string of the molecule is Cc1ccc(CCN2C(=O)CC(=O)N(C3CC4CCC3C4)C2=O)cc1. The number of hydrogen-bond donors (Lipinski definition) is 0. The molecule has 3 aliphatic rings. The third-order valence-corrected chi connectivity index (χ3v) is 6.09. The molecule has 0 spiro atoms. The number of rotatable bonds is 4. The summed E-state index contributed by atoms with van der Waals surface area (Å²) >= 11 is 0. The molecule has 2 aliphatic carbocycles. The van der Waals surface area contributed by atoms with Crippen LogP contribution in [0.1, 0.15) is 43.2 Å². The van der Waals surface area contributed by atoms with Crippen molar-refractivity contribution in [2.75, 3.05) is 6.54 Å². The van der Waals surface area contributed by atoms with E-state index in [9.17, 15) is 14.4 Å². The highest BCUT2D eigenvalue weighted by atomic mass is 16.2. The van der Waals surface area contributed by atoms with Crippen LogP contribution in [0.3, 0.4) is 0 Å². The van der Waals surface area contributed by atoms with Crippen molar-refractivity contribution in [1.29, 1.82) is 0 Å². The van der Waals surface area contributed by atoms with Crippen molar-refractivity contribution in [1.82, 2.24) is 9.80 Å². The van der Waals surface area contributed by atoms with E-state index < -0.39 is 6.03 Å². The number of fused-ring (bicyclic) bond motifs is 2. The first-order valence-electron chi connectivity index (χ1n) is 9.25. The van der Waals surface area contributed by atoms with Crippen LogP contribution in [0, 0.1) is 18.8 Å². The van der Waals surface area contributed by atoms with Crippen molar-refractivity contribution in [2.45, 2.75) is 51.5 Å². The van der Waals surface area contributed by atoms with E-state index in [0.29, 0.717) is 24.8 Å². The molecule has 3 atom stereocenters. The minimum atomic E-state index is -0.397. The predicted octanol–water partition coefficient (Wildman–Crippen LogP) is 2.91. The topological polar surface area (TPSA) is 57.7 Å². The summed E-state index contributed by atoms with van der Waals surface area (Å²) in [6.07, 6.45) is 4.81. The average Bonchev–Trinajstić information content (AvgIpc) is 3.19. The molecule has 1 aromatic carbocycles. The van der Waals surface area contributed by atoms with E-state index in [1.165, 1.54) is 21.8 Å². The summed E-state index contributed by atoms with van der Waals surface area (Å²) in [4.78, 5) is 40.3. The largest absolute Gasteiger partial charge is 0.333 e. The molecule has 25 heavy (non-hydrogen) atoms. The van der Waals surface area contributed by atoms with Gasteiger partial charge in [-0.3, -0.25) is 19.4 Å². The van der Waals surface area contributed by atoms with Crippen LogP contribution in [0.15, 0.2) is 24.3 Å². The number of amides is 4. The van der Waals surface area contributed by atoms with Gasteiger partial charge in [-0.25, -0.2) is 4.79 Å². The summed E-state index contributed by atoms with van der Waals surface area (Å²) in [5.74, 6) is 0.417. The Morgan fingerprint density at radius 3 is 2.40 bits per heavy atom. The summed E-state index contributed by atoms with van der Waals surface area (Å²) in [6.45, 7) is 2.37. The summed E-state index contributed by atoms with van der Waals surface area (Å²) in [5.41, 5.74) is 2.27. The van der Waals surface area contributed by atoms with Gasteiger partial charge in [-0.2, -0.15) is 0 Å². The smallest absolute Gasteiger partial charge is 0.274 e. The Bertz CT molecular complexity index is 712. The number of carbonyl (C=O) groups excluding carboxylic acids is 3. The molecule has 1 heterocycles. The van der Waals surface area contributed by atoms with Gasteiger partial charge in [-0.15, -0.1) is 0 Å². The Kier molecular flexibility index (Phi) is 4.10. The maximum absolute atomic E-state index is 12.9. The fraction of sp³-hybridized carbons (Fsp3) is 0.550. The van der Waals surface area contributed by atoms with Crippen molar-refractivity contribution in [3.63, 3.8) is 0 Å². The van der Waals surface area contributed by atoms with E-state index >= 15 is 0 Å². The zero-order chi connectivity index (χ0) is 17.6. The Labute approximate surface area is 148 Å². The summed E-state index contributed by atoms with van der Waals surface area (Å²) in [5, 5.41) is 0. The van der Waals surface area contributed by atoms with E-state index in [4.69, 9.17) is 0 Å². The van der Waals surface area contributed by atoms with E-state index in [2.05, 4.69) is 0 Å². The number of benzene rings is 1. The minimum absolute atomic E-state index is 0.00808. The van der Waals surface area contributed by atoms with Crippen LogP contribution in [0.2, 0.25) is 0 Å². The normalized spacial score (nSPS) is 29.0. The van der Waals surface area contributed by atoms with Gasteiger partial charge in [0.2, 0.25) is 11.8 Å². The molecule has 1 aliphatic heterocycles. The molecular formula is C20H24N2O3. The van der Waals surface area contributed by atoms with Crippen LogP contribution >= 0.6 is 0 Å². The van der Waals surface area contributed by atoms with E-state index in [1.54, 1.807) is 0 Å². The van der Waals surface area contributed by atoms with Gasteiger partial charge in [-0.05, 0) is 50.0 Å². The Morgan fingerprint density at radius 1 is 1.00 bits per heavy atom. The standard InChI is InChI=1S/C20H24N2O3/c1-13-2-4-14(5-3-13)8-9-21-18(23)12-19(24)22(20(21)25)17-11-15-6-7-16(17)10-15/h2-5,15-17H,6-12H2,1H3. The summed E-state index contributed by atoms with van der Waals surface area (Å²) in [7, 11) is 0. The number of nitrogens with zero attached hydrogens (tertiary/aromatic N) is 2. The van der Waals surface area contributed by atoms with Gasteiger partial charge in [-0.1, -0.05) is 36.2 Å². The lowest BCUT2D eigenvalue weighted by Gasteiger charge is -2.39. The number of aryl methyl sites for hydroxylation is 1. The molecule has 0 radical (unpaired) electrons. The van der Waals surface area contributed by atoms with Gasteiger partial charge in [0.25, 0.3) is 0 Å². The van der Waals surface area contributed by atoms with Gasteiger partial charge in [0, 0.05) is 12.6 Å². The number of barbiturate groups is 1. The molecule has 0 aromatic heterocycles. The predicted molar refractivity (Wildman–Crippen MR) is 92.7 cm³/mol. The first-order chi connectivity index (χ1) is 12.0. The van der Waals surface area contributed by atoms with Crippen molar-refractivity contribution in [2.24, 2.45) is 11.8 Å². The highest BCUT2D eigenvalue weighted by Gasteiger charge is 2.49. The Hall–Kier alpha value is -2.17. The summed E-state index contributed by atoms with van der Waals surface area (Å²) < 4.78 is 0. The molecule has 0 N–H and O–H groups in total. The quantitative estimate of drug-likeness (QED) is 0.792. The fourth-order valence-corrected chi connectivity index (χ4v) is 4.72. The number of carbonyl (C=O) groups is 3. The van der Waals surface area contributed by atoms with Gasteiger partial charge in [0.05, 0.1) is 0 Å². The number of urea groups is 1. The van der Waals surface area contributed by atoms with Crippen molar-refractivity contribution >= 4 is 17.8 Å². The highest BCUT2D eigenvalue weighted by Crippen LogP contribution is 2.47. The third kappa shape index (κ3) is 2.96. The van der Waals surface area contributed by atoms with E-state index in [0.717, 1.165) is 24.8 Å². The molecule has 3 unspecified atom stereocenters. The highest BCUT2D eigenvalue weighted by molar-refractivity contribution is 6.14. The van der Waals surface area contributed by atoms with Crippen molar-refractivity contribution in [3.8, 4) is 0 Å². The second kappa shape index (κ2) is 6.28. The monoisotopic (exact) mass is 340 g/mol. The molecule has 132 valence electrons. The summed E-state index contributed by atoms with van der Waals surface area (Å²) in [6, 6.07) is 7.71. The maximum atomic E-state index is 12.9. The zero-order valence-electron chi connectivity index (χ0n) is 14.6. The lowest BCUT2D eigenvalue weighted by atomic mass is 9.93. The van der Waals surface area contributed by atoms with Crippen LogP contribution in [-0.4, -0.2) is 40.2 Å². The van der Waals surface area contributed by atoms with Crippen molar-refractivity contribution in [3.05, 3.63) is 35.4 Å². The second-order valence-corrected chi connectivity index (χ2v) is 7.75. The van der Waals surface area contributed by atoms with Gasteiger partial charge < -0.3 is 0 Å². The zero-order valence-corrected chi connectivity index (χ0v) is 14.6. The van der Waals surface area contributed by atoms with Crippen LogP contribution in [0.5, 0.6) is 0 Å². The Balaban J connectivity index is 1.47. The molecule has 5 heteroatoms. The van der Waals surface area contributed by atoms with Crippen molar-refractivity contribution < 1.29 is 14.4 Å². The molecular weight excluding hydrogens is 316 g/mol. The fourth-order valence-electron chi connectivity index (χ4n) is 4.72. The van der Waals surface area contributed by atoms with Crippen LogP contribution in [0.25, 0.3) is 0 Å². The van der Waals surface area contributed by atoms with Crippen LogP contribution in [-0.2, 0) is 16.0 Å². The van der Waals surface area contributed by atoms with Gasteiger partial charge in [0.1, 0.15) is 6.42 Å². The lowest BCUT2D eigenvalue weighted by molar-refractivity contribution is -0.144. The molecule has 4 amide bonds. The van der Waals surface area contributed by atoms with Gasteiger partial charge >= 0.3 is 6.03 Å². The molecule has 4 rings (SSSR count). The molecule has 5 nitrogen and oxygen atoms in total. The lowest BCUT2D eigenvalue weighted by Crippen LogP contribution is -2.59. The van der Waals surface area contributed by atoms with Crippen LogP contribution < -0.4 is 0 Å². The number of imide groups is 2. The first kappa shape index (κ1) is 16.3. The third-order valence-electron chi connectivity index (χ3n) is 6.09. The maximum Gasteiger partial charge on any atom is 0.333 e. The molecule has 2 bridgehead atoms. The molecule has 3 fully saturated rings. The molecule has 2 saturated carbocycles. The number of hydrogen-bond acceptors (Lipinski definition) is 3. The minimum Gasteiger partial charge on any atom is -0.274 e. The molecule has 1 aromatic rings. The van der Waals surface area contributed by atoms with Gasteiger partial charge in [0.15, 0.2) is 0 Å². The molecule has 1 saturated heterocycles. The van der Waals surface area contributed by atoms with Crippen LogP contribution in [0.4, 0.5) is 4.79 Å². The van der Waals surface area contributed by atoms with E-state index in [-0.39, 0.29) is 24.3 Å². The first-order valence-corrected chi connectivity index (χ1v) is 9.25. The van der Waals surface area contributed by atoms with E-state index in [1.807, 2.05) is 31.2 Å². The average molecular weight is 340 g/mol. The Morgan fingerprint density at radius 2 is 1.76 bits per heavy atom.